The van der Waals surface area contributed by atoms with Gasteiger partial charge in [0.25, 0.3) is 5.56 Å². The van der Waals surface area contributed by atoms with Crippen molar-refractivity contribution in [2.75, 3.05) is 17.7 Å². The standard InChI is InChI=1S/C24H26FN5O3S/c1-30-21(32)9-7-18-22(30)23(17(25)11-27-18)33-12-14-2-4-15(5-3-14)26-10-16-6-8-19-24(28-16)29-20(31)13-34-19/h6-9,11,14-15,26H,2-5,10,12-13H2,1H3,(H,28,29,31)/t14-,15-. The summed E-state index contributed by atoms with van der Waals surface area (Å²) >= 11 is 1.51. The zero-order valence-corrected chi connectivity index (χ0v) is 19.7. The molecule has 0 saturated heterocycles. The molecule has 1 amide bonds. The molecule has 2 N–H and O–H groups in total. The number of hydrogen-bond acceptors (Lipinski definition) is 7. The van der Waals surface area contributed by atoms with E-state index in [1.807, 2.05) is 12.1 Å². The van der Waals surface area contributed by atoms with Gasteiger partial charge in [0.05, 0.1) is 34.7 Å². The molecule has 0 bridgehead atoms. The molecule has 1 aliphatic carbocycles. The first-order chi connectivity index (χ1) is 16.5. The van der Waals surface area contributed by atoms with Gasteiger partial charge in [0, 0.05) is 25.7 Å². The van der Waals surface area contributed by atoms with Crippen LogP contribution in [0.1, 0.15) is 31.4 Å². The third-order valence-electron chi connectivity index (χ3n) is 6.46. The fourth-order valence-electron chi connectivity index (χ4n) is 4.52. The lowest BCUT2D eigenvalue weighted by Crippen LogP contribution is -2.34. The number of anilines is 1. The molecule has 2 aliphatic rings. The second-order valence-corrected chi connectivity index (χ2v) is 9.81. The van der Waals surface area contributed by atoms with E-state index in [4.69, 9.17) is 4.74 Å². The van der Waals surface area contributed by atoms with Gasteiger partial charge in [-0.15, -0.1) is 11.8 Å². The van der Waals surface area contributed by atoms with Crippen LogP contribution in [-0.4, -0.2) is 38.8 Å². The summed E-state index contributed by atoms with van der Waals surface area (Å²) in [5.41, 5.74) is 1.58. The number of amides is 1. The van der Waals surface area contributed by atoms with Crippen molar-refractivity contribution in [1.82, 2.24) is 19.9 Å². The van der Waals surface area contributed by atoms with Crippen molar-refractivity contribution in [2.45, 2.75) is 43.2 Å². The molecule has 1 fully saturated rings. The summed E-state index contributed by atoms with van der Waals surface area (Å²) in [6, 6.07) is 7.38. The largest absolute Gasteiger partial charge is 0.488 e. The fourth-order valence-corrected chi connectivity index (χ4v) is 5.27. The van der Waals surface area contributed by atoms with Crippen molar-refractivity contribution < 1.29 is 13.9 Å². The molecule has 1 aliphatic heterocycles. The number of ether oxygens (including phenoxy) is 1. The Labute approximate surface area is 200 Å². The summed E-state index contributed by atoms with van der Waals surface area (Å²) in [6.45, 7) is 1.04. The molecule has 3 aromatic heterocycles. The van der Waals surface area contributed by atoms with E-state index in [1.54, 1.807) is 13.1 Å². The Hall–Kier alpha value is -2.98. The maximum atomic E-state index is 14.5. The highest BCUT2D eigenvalue weighted by Crippen LogP contribution is 2.31. The average molecular weight is 484 g/mol. The number of carbonyl (C=O) groups excluding carboxylic acids is 1. The third-order valence-corrected chi connectivity index (χ3v) is 7.50. The predicted octanol–water partition coefficient (Wildman–Crippen LogP) is 3.24. The van der Waals surface area contributed by atoms with E-state index in [1.165, 1.54) is 22.4 Å². The molecule has 0 aromatic carbocycles. The maximum Gasteiger partial charge on any atom is 0.250 e. The van der Waals surface area contributed by atoms with Crippen molar-refractivity contribution in [3.8, 4) is 5.75 Å². The van der Waals surface area contributed by atoms with Crippen LogP contribution in [0.2, 0.25) is 0 Å². The number of pyridine rings is 3. The summed E-state index contributed by atoms with van der Waals surface area (Å²) in [4.78, 5) is 33.3. The number of carbonyl (C=O) groups is 1. The molecular formula is C24H26FN5O3S. The van der Waals surface area contributed by atoms with E-state index in [2.05, 4.69) is 20.6 Å². The number of nitrogens with one attached hydrogen (secondary N) is 2. The molecule has 34 heavy (non-hydrogen) atoms. The SMILES string of the molecule is Cn1c(=O)ccc2ncc(F)c(OC[C@H]3CC[C@H](NCc4ccc5c(n4)NC(=O)CS5)CC3)c21. The van der Waals surface area contributed by atoms with Crippen LogP contribution in [0, 0.1) is 11.7 Å². The topological polar surface area (TPSA) is 98.1 Å². The number of halogens is 1. The number of hydrogen-bond donors (Lipinski definition) is 2. The van der Waals surface area contributed by atoms with E-state index in [0.29, 0.717) is 47.7 Å². The minimum absolute atomic E-state index is 0.0162. The highest BCUT2D eigenvalue weighted by molar-refractivity contribution is 8.00. The van der Waals surface area contributed by atoms with Gasteiger partial charge >= 0.3 is 0 Å². The summed E-state index contributed by atoms with van der Waals surface area (Å²) in [5, 5.41) is 6.40. The van der Waals surface area contributed by atoms with Gasteiger partial charge < -0.3 is 19.9 Å². The van der Waals surface area contributed by atoms with Crippen LogP contribution >= 0.6 is 11.8 Å². The van der Waals surface area contributed by atoms with Gasteiger partial charge in [0.15, 0.2) is 11.6 Å². The Morgan fingerprint density at radius 1 is 1.21 bits per heavy atom. The number of fused-ring (bicyclic) bond motifs is 2. The number of thioether (sulfide) groups is 1. The van der Waals surface area contributed by atoms with Crippen molar-refractivity contribution in [3.63, 3.8) is 0 Å². The molecule has 1 saturated carbocycles. The van der Waals surface area contributed by atoms with Crippen LogP contribution in [0.5, 0.6) is 5.75 Å². The van der Waals surface area contributed by atoms with Crippen LogP contribution in [0.3, 0.4) is 0 Å². The van der Waals surface area contributed by atoms with Gasteiger partial charge in [-0.25, -0.2) is 9.37 Å². The van der Waals surface area contributed by atoms with E-state index in [0.717, 1.165) is 42.5 Å². The van der Waals surface area contributed by atoms with Gasteiger partial charge in [-0.05, 0) is 49.8 Å². The summed E-state index contributed by atoms with van der Waals surface area (Å²) in [7, 11) is 1.60. The Bertz CT molecular complexity index is 1290. The summed E-state index contributed by atoms with van der Waals surface area (Å²) in [6.07, 6.45) is 5.05. The molecule has 178 valence electrons. The maximum absolute atomic E-state index is 14.5. The van der Waals surface area contributed by atoms with Crippen molar-refractivity contribution in [2.24, 2.45) is 13.0 Å². The molecule has 0 atom stereocenters. The third kappa shape index (κ3) is 4.78. The first kappa shape index (κ1) is 22.8. The van der Waals surface area contributed by atoms with E-state index in [-0.39, 0.29) is 17.2 Å². The lowest BCUT2D eigenvalue weighted by Gasteiger charge is -2.29. The van der Waals surface area contributed by atoms with Crippen molar-refractivity contribution in [3.05, 3.63) is 52.3 Å². The second kappa shape index (κ2) is 9.71. The van der Waals surface area contributed by atoms with Crippen LogP contribution in [-0.2, 0) is 18.4 Å². The molecule has 3 aromatic rings. The van der Waals surface area contributed by atoms with Crippen molar-refractivity contribution >= 4 is 34.5 Å². The molecule has 0 spiro atoms. The zero-order valence-electron chi connectivity index (χ0n) is 18.8. The highest BCUT2D eigenvalue weighted by Gasteiger charge is 2.23. The first-order valence-corrected chi connectivity index (χ1v) is 12.4. The smallest absolute Gasteiger partial charge is 0.250 e. The minimum Gasteiger partial charge on any atom is -0.488 e. The predicted molar refractivity (Wildman–Crippen MR) is 129 cm³/mol. The number of aryl methyl sites for hydroxylation is 1. The van der Waals surface area contributed by atoms with Crippen LogP contribution in [0.25, 0.3) is 11.0 Å². The Kier molecular flexibility index (Phi) is 6.51. The van der Waals surface area contributed by atoms with Gasteiger partial charge in [-0.3, -0.25) is 14.6 Å². The molecular weight excluding hydrogens is 457 g/mol. The number of rotatable bonds is 6. The lowest BCUT2D eigenvalue weighted by molar-refractivity contribution is -0.113. The zero-order chi connectivity index (χ0) is 23.7. The van der Waals surface area contributed by atoms with Gasteiger partial charge in [-0.1, -0.05) is 0 Å². The van der Waals surface area contributed by atoms with Gasteiger partial charge in [-0.2, -0.15) is 0 Å². The van der Waals surface area contributed by atoms with Gasteiger partial charge in [0.2, 0.25) is 5.91 Å². The summed E-state index contributed by atoms with van der Waals surface area (Å²) in [5.74, 6) is 0.912. The number of aromatic nitrogens is 3. The van der Waals surface area contributed by atoms with Crippen LogP contribution in [0.4, 0.5) is 10.2 Å². The van der Waals surface area contributed by atoms with E-state index < -0.39 is 5.82 Å². The molecule has 8 nitrogen and oxygen atoms in total. The van der Waals surface area contributed by atoms with Crippen LogP contribution < -0.4 is 20.9 Å². The van der Waals surface area contributed by atoms with Crippen molar-refractivity contribution in [1.29, 1.82) is 0 Å². The van der Waals surface area contributed by atoms with Gasteiger partial charge in [0.1, 0.15) is 11.3 Å². The molecule has 5 rings (SSSR count). The number of nitrogens with zero attached hydrogens (tertiary/aromatic N) is 3. The average Bonchev–Trinajstić information content (AvgIpc) is 2.85. The highest BCUT2D eigenvalue weighted by atomic mass is 32.2. The Balaban J connectivity index is 1.15. The molecule has 10 heteroatoms. The first-order valence-electron chi connectivity index (χ1n) is 11.4. The monoisotopic (exact) mass is 483 g/mol. The summed E-state index contributed by atoms with van der Waals surface area (Å²) < 4.78 is 21.8. The molecule has 4 heterocycles. The Morgan fingerprint density at radius 2 is 2.03 bits per heavy atom. The fraction of sp³-hybridized carbons (Fsp3) is 0.417. The van der Waals surface area contributed by atoms with Crippen LogP contribution in [0.15, 0.2) is 40.2 Å². The quantitative estimate of drug-likeness (QED) is 0.555. The minimum atomic E-state index is -0.559. The molecule has 0 unspecified atom stereocenters. The van der Waals surface area contributed by atoms with E-state index >= 15 is 0 Å². The van der Waals surface area contributed by atoms with E-state index in [9.17, 15) is 14.0 Å². The second-order valence-electron chi connectivity index (χ2n) is 8.80. The molecule has 0 radical (unpaired) electrons. The Morgan fingerprint density at radius 3 is 2.85 bits per heavy atom. The normalized spacial score (nSPS) is 20.1. The lowest BCUT2D eigenvalue weighted by atomic mass is 9.86.